The van der Waals surface area contributed by atoms with Crippen molar-refractivity contribution in [2.45, 2.75) is 38.8 Å². The van der Waals surface area contributed by atoms with Crippen LogP contribution in [0, 0.1) is 11.8 Å². The van der Waals surface area contributed by atoms with Gasteiger partial charge in [-0.15, -0.1) is 0 Å². The molecule has 3 N–H and O–H groups in total. The van der Waals surface area contributed by atoms with E-state index >= 15 is 0 Å². The van der Waals surface area contributed by atoms with Gasteiger partial charge in [0.25, 0.3) is 0 Å². The van der Waals surface area contributed by atoms with Crippen LogP contribution < -0.4 is 5.32 Å². The molecule has 1 amide bonds. The minimum absolute atomic E-state index is 0.0520. The fraction of sp³-hybridized carbons (Fsp3) is 0.900. The lowest BCUT2D eigenvalue weighted by Crippen LogP contribution is -2.33. The van der Waals surface area contributed by atoms with Gasteiger partial charge in [-0.3, -0.25) is 4.79 Å². The van der Waals surface area contributed by atoms with E-state index in [-0.39, 0.29) is 18.6 Å². The van der Waals surface area contributed by atoms with Crippen molar-refractivity contribution in [1.29, 1.82) is 0 Å². The fourth-order valence-corrected chi connectivity index (χ4v) is 1.96. The summed E-state index contributed by atoms with van der Waals surface area (Å²) in [7, 11) is 0. The molecule has 0 unspecified atom stereocenters. The zero-order valence-corrected chi connectivity index (χ0v) is 8.73. The quantitative estimate of drug-likeness (QED) is 0.594. The van der Waals surface area contributed by atoms with Crippen LogP contribution in [-0.2, 0) is 4.79 Å². The lowest BCUT2D eigenvalue weighted by Gasteiger charge is -2.18. The standard InChI is InChI=1S/C10H19NO3/c1-6(2)5-8-9(13)7(3-4-12)10(14)11-8/h6-9,12-13H,3-5H2,1-2H3,(H,11,14)/t7-,8-,9+/m0/s1. The first kappa shape index (κ1) is 11.5. The Morgan fingerprint density at radius 1 is 1.50 bits per heavy atom. The summed E-state index contributed by atoms with van der Waals surface area (Å²) in [5.41, 5.74) is 0. The summed E-state index contributed by atoms with van der Waals surface area (Å²) in [6.07, 6.45) is 0.494. The molecule has 0 aromatic rings. The molecule has 1 aliphatic rings. The fourth-order valence-electron chi connectivity index (χ4n) is 1.96. The summed E-state index contributed by atoms with van der Waals surface area (Å²) in [5.74, 6) is -0.108. The van der Waals surface area contributed by atoms with Crippen LogP contribution in [0.15, 0.2) is 0 Å². The molecule has 1 heterocycles. The summed E-state index contributed by atoms with van der Waals surface area (Å²) in [6.45, 7) is 4.06. The first-order valence-electron chi connectivity index (χ1n) is 5.15. The molecule has 0 aliphatic carbocycles. The van der Waals surface area contributed by atoms with Crippen LogP contribution in [0.2, 0.25) is 0 Å². The average Bonchev–Trinajstić information content (AvgIpc) is 2.32. The van der Waals surface area contributed by atoms with Crippen molar-refractivity contribution in [3.05, 3.63) is 0 Å². The molecular weight excluding hydrogens is 182 g/mol. The molecule has 0 aromatic carbocycles. The van der Waals surface area contributed by atoms with Crippen molar-refractivity contribution >= 4 is 5.91 Å². The Balaban J connectivity index is 2.54. The molecule has 82 valence electrons. The second-order valence-corrected chi connectivity index (χ2v) is 4.35. The maximum absolute atomic E-state index is 11.4. The Kier molecular flexibility index (Phi) is 3.89. The molecule has 4 heteroatoms. The SMILES string of the molecule is CC(C)C[C@@H]1NC(=O)[C@@H](CCO)[C@H]1O. The highest BCUT2D eigenvalue weighted by Crippen LogP contribution is 2.23. The van der Waals surface area contributed by atoms with Gasteiger partial charge in [-0.05, 0) is 18.8 Å². The first-order valence-corrected chi connectivity index (χ1v) is 5.15. The topological polar surface area (TPSA) is 69.6 Å². The Hall–Kier alpha value is -0.610. The molecule has 0 saturated carbocycles. The number of aliphatic hydroxyl groups is 2. The van der Waals surface area contributed by atoms with E-state index in [2.05, 4.69) is 19.2 Å². The molecule has 1 rings (SSSR count). The van der Waals surface area contributed by atoms with E-state index in [0.717, 1.165) is 6.42 Å². The average molecular weight is 201 g/mol. The summed E-state index contributed by atoms with van der Waals surface area (Å²) >= 11 is 0. The number of rotatable bonds is 4. The summed E-state index contributed by atoms with van der Waals surface area (Å²) < 4.78 is 0. The maximum Gasteiger partial charge on any atom is 0.226 e. The van der Waals surface area contributed by atoms with Gasteiger partial charge in [0.05, 0.1) is 18.1 Å². The molecule has 1 fully saturated rings. The highest BCUT2D eigenvalue weighted by molar-refractivity contribution is 5.82. The lowest BCUT2D eigenvalue weighted by molar-refractivity contribution is -0.124. The smallest absolute Gasteiger partial charge is 0.226 e. The number of aliphatic hydroxyl groups excluding tert-OH is 2. The summed E-state index contributed by atoms with van der Waals surface area (Å²) in [6, 6.07) is -0.140. The minimum Gasteiger partial charge on any atom is -0.396 e. The van der Waals surface area contributed by atoms with Crippen molar-refractivity contribution in [2.24, 2.45) is 11.8 Å². The summed E-state index contributed by atoms with van der Waals surface area (Å²) in [4.78, 5) is 11.4. The third kappa shape index (κ3) is 2.45. The van der Waals surface area contributed by atoms with Crippen LogP contribution in [0.4, 0.5) is 0 Å². The molecular formula is C10H19NO3. The second kappa shape index (κ2) is 4.75. The zero-order chi connectivity index (χ0) is 10.7. The van der Waals surface area contributed by atoms with Gasteiger partial charge >= 0.3 is 0 Å². The van der Waals surface area contributed by atoms with Crippen molar-refractivity contribution in [2.75, 3.05) is 6.61 Å². The molecule has 0 spiro atoms. The molecule has 0 bridgehead atoms. The van der Waals surface area contributed by atoms with Gasteiger partial charge in [-0.25, -0.2) is 0 Å². The Labute approximate surface area is 84.3 Å². The predicted molar refractivity (Wildman–Crippen MR) is 52.6 cm³/mol. The number of carbonyl (C=O) groups is 1. The zero-order valence-electron chi connectivity index (χ0n) is 8.73. The Bertz CT molecular complexity index is 206. The van der Waals surface area contributed by atoms with E-state index in [0.29, 0.717) is 12.3 Å². The highest BCUT2D eigenvalue weighted by Gasteiger charge is 2.40. The molecule has 0 aromatic heterocycles. The van der Waals surface area contributed by atoms with Crippen molar-refractivity contribution in [1.82, 2.24) is 5.32 Å². The number of carbonyl (C=O) groups excluding carboxylic acids is 1. The third-order valence-corrected chi connectivity index (χ3v) is 2.65. The van der Waals surface area contributed by atoms with E-state index in [1.807, 2.05) is 0 Å². The predicted octanol–water partition coefficient (Wildman–Crippen LogP) is -0.110. The molecule has 14 heavy (non-hydrogen) atoms. The van der Waals surface area contributed by atoms with Gasteiger partial charge < -0.3 is 15.5 Å². The Morgan fingerprint density at radius 3 is 2.64 bits per heavy atom. The number of hydrogen-bond acceptors (Lipinski definition) is 3. The monoisotopic (exact) mass is 201 g/mol. The van der Waals surface area contributed by atoms with Crippen LogP contribution >= 0.6 is 0 Å². The lowest BCUT2D eigenvalue weighted by atomic mass is 9.93. The van der Waals surface area contributed by atoms with Crippen molar-refractivity contribution in [3.8, 4) is 0 Å². The van der Waals surface area contributed by atoms with Crippen LogP contribution in [0.3, 0.4) is 0 Å². The van der Waals surface area contributed by atoms with Crippen molar-refractivity contribution < 1.29 is 15.0 Å². The van der Waals surface area contributed by atoms with Gasteiger partial charge in [0.2, 0.25) is 5.91 Å². The van der Waals surface area contributed by atoms with Gasteiger partial charge in [0.15, 0.2) is 0 Å². The van der Waals surface area contributed by atoms with Crippen LogP contribution in [0.1, 0.15) is 26.7 Å². The number of nitrogens with one attached hydrogen (secondary N) is 1. The largest absolute Gasteiger partial charge is 0.396 e. The first-order chi connectivity index (χ1) is 6.56. The van der Waals surface area contributed by atoms with Gasteiger partial charge in [-0.1, -0.05) is 13.8 Å². The highest BCUT2D eigenvalue weighted by atomic mass is 16.3. The van der Waals surface area contributed by atoms with E-state index < -0.39 is 12.0 Å². The van der Waals surface area contributed by atoms with Gasteiger partial charge in [0, 0.05) is 6.61 Å². The van der Waals surface area contributed by atoms with Crippen LogP contribution in [0.25, 0.3) is 0 Å². The molecule has 3 atom stereocenters. The molecule has 1 aliphatic heterocycles. The van der Waals surface area contributed by atoms with Crippen molar-refractivity contribution in [3.63, 3.8) is 0 Å². The Morgan fingerprint density at radius 2 is 2.14 bits per heavy atom. The summed E-state index contributed by atoms with van der Waals surface area (Å²) in [5, 5.41) is 21.3. The normalized spacial score (nSPS) is 32.4. The molecule has 0 radical (unpaired) electrons. The van der Waals surface area contributed by atoms with E-state index in [9.17, 15) is 9.90 Å². The van der Waals surface area contributed by atoms with E-state index in [1.165, 1.54) is 0 Å². The number of hydrogen-bond donors (Lipinski definition) is 3. The minimum atomic E-state index is -0.642. The maximum atomic E-state index is 11.4. The second-order valence-electron chi connectivity index (χ2n) is 4.35. The van der Waals surface area contributed by atoms with Gasteiger partial charge in [-0.2, -0.15) is 0 Å². The third-order valence-electron chi connectivity index (χ3n) is 2.65. The van der Waals surface area contributed by atoms with E-state index in [4.69, 9.17) is 5.11 Å². The molecule has 1 saturated heterocycles. The molecule has 4 nitrogen and oxygen atoms in total. The van der Waals surface area contributed by atoms with E-state index in [1.54, 1.807) is 0 Å². The number of amides is 1. The van der Waals surface area contributed by atoms with Crippen LogP contribution in [-0.4, -0.2) is 34.9 Å². The van der Waals surface area contributed by atoms with Crippen LogP contribution in [0.5, 0.6) is 0 Å². The van der Waals surface area contributed by atoms with Gasteiger partial charge in [0.1, 0.15) is 0 Å².